The molecular weight excluding hydrogens is 383 g/mol. The fourth-order valence-corrected chi connectivity index (χ4v) is 3.54. The fraction of sp³-hybridized carbons (Fsp3) is 0.286. The van der Waals surface area contributed by atoms with Crippen molar-refractivity contribution < 1.29 is 22.6 Å². The lowest BCUT2D eigenvalue weighted by atomic mass is 9.94. The van der Waals surface area contributed by atoms with E-state index in [1.807, 2.05) is 6.08 Å². The molecule has 3 aromatic rings. The van der Waals surface area contributed by atoms with Gasteiger partial charge in [0.25, 0.3) is 0 Å². The van der Waals surface area contributed by atoms with Crippen molar-refractivity contribution in [2.24, 2.45) is 0 Å². The lowest BCUT2D eigenvalue weighted by Gasteiger charge is -2.19. The number of halogens is 3. The Morgan fingerprint density at radius 2 is 1.83 bits per heavy atom. The highest BCUT2D eigenvalue weighted by molar-refractivity contribution is 5.86. The number of methoxy groups -OCH3 is 2. The Hall–Kier alpha value is -3.00. The van der Waals surface area contributed by atoms with Gasteiger partial charge in [-0.15, -0.1) is 0 Å². The van der Waals surface area contributed by atoms with Crippen LogP contribution in [0.2, 0.25) is 0 Å². The van der Waals surface area contributed by atoms with Gasteiger partial charge in [-0.2, -0.15) is 13.2 Å². The molecule has 1 aromatic heterocycles. The van der Waals surface area contributed by atoms with Crippen LogP contribution in [0.1, 0.15) is 17.5 Å². The third kappa shape index (κ3) is 3.67. The van der Waals surface area contributed by atoms with E-state index in [9.17, 15) is 13.2 Å². The summed E-state index contributed by atoms with van der Waals surface area (Å²) < 4.78 is 51.7. The second-order valence-electron chi connectivity index (χ2n) is 6.75. The molecule has 0 atom stereocenters. The molecule has 2 N–H and O–H groups in total. The van der Waals surface area contributed by atoms with E-state index in [0.717, 1.165) is 6.07 Å². The number of rotatable bonds is 4. The minimum atomic E-state index is -4.45. The van der Waals surface area contributed by atoms with Gasteiger partial charge in [0.1, 0.15) is 5.82 Å². The van der Waals surface area contributed by atoms with E-state index in [-0.39, 0.29) is 5.56 Å². The first-order valence-corrected chi connectivity index (χ1v) is 9.14. The summed E-state index contributed by atoms with van der Waals surface area (Å²) in [6.07, 6.45) is -2.10. The normalized spacial score (nSPS) is 14.7. The number of H-pyrrole nitrogens is 1. The topological polar surface area (TPSA) is 59.2 Å². The second kappa shape index (κ2) is 7.44. The van der Waals surface area contributed by atoms with Crippen molar-refractivity contribution in [3.8, 4) is 22.9 Å². The first-order chi connectivity index (χ1) is 13.9. The molecule has 0 radical (unpaired) electrons. The zero-order valence-corrected chi connectivity index (χ0v) is 16.0. The van der Waals surface area contributed by atoms with Gasteiger partial charge in [-0.25, -0.2) is 4.98 Å². The van der Waals surface area contributed by atoms with E-state index in [4.69, 9.17) is 9.47 Å². The maximum Gasteiger partial charge on any atom is 0.417 e. The van der Waals surface area contributed by atoms with Crippen LogP contribution in [0.4, 0.5) is 13.2 Å². The molecule has 0 saturated heterocycles. The largest absolute Gasteiger partial charge is 0.493 e. The minimum Gasteiger partial charge on any atom is -0.493 e. The smallest absolute Gasteiger partial charge is 0.417 e. The molecule has 5 nitrogen and oxygen atoms in total. The summed E-state index contributed by atoms with van der Waals surface area (Å²) in [6.45, 7) is 1.21. The highest BCUT2D eigenvalue weighted by Crippen LogP contribution is 2.39. The van der Waals surface area contributed by atoms with Gasteiger partial charge in [0.2, 0.25) is 0 Å². The van der Waals surface area contributed by atoms with Crippen LogP contribution in [0.15, 0.2) is 36.4 Å². The van der Waals surface area contributed by atoms with Crippen LogP contribution in [0.25, 0.3) is 28.0 Å². The first-order valence-electron chi connectivity index (χ1n) is 9.14. The molecule has 1 aliphatic heterocycles. The Bertz CT molecular complexity index is 1090. The summed E-state index contributed by atoms with van der Waals surface area (Å²) in [7, 11) is 3.06. The minimum absolute atomic E-state index is 0.192. The summed E-state index contributed by atoms with van der Waals surface area (Å²) >= 11 is 0. The molecule has 29 heavy (non-hydrogen) atoms. The van der Waals surface area contributed by atoms with Crippen molar-refractivity contribution in [1.29, 1.82) is 0 Å². The van der Waals surface area contributed by atoms with Gasteiger partial charge in [-0.1, -0.05) is 6.08 Å². The van der Waals surface area contributed by atoms with Crippen molar-refractivity contribution in [3.05, 3.63) is 47.5 Å². The van der Waals surface area contributed by atoms with Gasteiger partial charge in [0, 0.05) is 12.1 Å². The van der Waals surface area contributed by atoms with Gasteiger partial charge < -0.3 is 19.8 Å². The summed E-state index contributed by atoms with van der Waals surface area (Å²) in [5.41, 5.74) is 1.74. The van der Waals surface area contributed by atoms with Crippen LogP contribution in [0.5, 0.6) is 11.5 Å². The van der Waals surface area contributed by atoms with Crippen LogP contribution in [-0.4, -0.2) is 37.3 Å². The van der Waals surface area contributed by atoms with E-state index in [0.29, 0.717) is 59.0 Å². The Morgan fingerprint density at radius 1 is 1.03 bits per heavy atom. The van der Waals surface area contributed by atoms with Crippen LogP contribution < -0.4 is 14.8 Å². The Balaban J connectivity index is 1.85. The number of alkyl halides is 3. The number of hydrogen-bond acceptors (Lipinski definition) is 4. The summed E-state index contributed by atoms with van der Waals surface area (Å²) in [6, 6.07) is 7.91. The van der Waals surface area contributed by atoms with Crippen molar-refractivity contribution in [2.45, 2.75) is 12.6 Å². The Kier molecular flexibility index (Phi) is 4.96. The van der Waals surface area contributed by atoms with Crippen LogP contribution in [0, 0.1) is 0 Å². The zero-order valence-electron chi connectivity index (χ0n) is 16.0. The second-order valence-corrected chi connectivity index (χ2v) is 6.75. The molecule has 8 heteroatoms. The third-order valence-corrected chi connectivity index (χ3v) is 4.99. The SMILES string of the molecule is COc1ccc(-c2nc3cc(C4=CCNCC4)c(C(F)(F)F)cc3[nH]2)cc1OC. The Morgan fingerprint density at radius 3 is 2.48 bits per heavy atom. The van der Waals surface area contributed by atoms with E-state index in [1.165, 1.54) is 20.3 Å². The average molecular weight is 403 g/mol. The lowest BCUT2D eigenvalue weighted by Crippen LogP contribution is -2.21. The lowest BCUT2D eigenvalue weighted by molar-refractivity contribution is -0.137. The highest BCUT2D eigenvalue weighted by atomic mass is 19.4. The molecule has 1 aliphatic rings. The van der Waals surface area contributed by atoms with Crippen LogP contribution >= 0.6 is 0 Å². The summed E-state index contributed by atoms with van der Waals surface area (Å²) in [5.74, 6) is 1.54. The summed E-state index contributed by atoms with van der Waals surface area (Å²) in [4.78, 5) is 7.53. The molecule has 2 heterocycles. The molecule has 4 rings (SSSR count). The predicted molar refractivity (Wildman–Crippen MR) is 105 cm³/mol. The molecule has 0 spiro atoms. The number of ether oxygens (including phenoxy) is 2. The molecule has 0 amide bonds. The molecule has 0 unspecified atom stereocenters. The van der Waals surface area contributed by atoms with E-state index in [1.54, 1.807) is 18.2 Å². The number of imidazole rings is 1. The third-order valence-electron chi connectivity index (χ3n) is 4.99. The average Bonchev–Trinajstić information content (AvgIpc) is 3.15. The molecule has 2 aromatic carbocycles. The van der Waals surface area contributed by atoms with E-state index < -0.39 is 11.7 Å². The molecule has 152 valence electrons. The number of benzene rings is 2. The predicted octanol–water partition coefficient (Wildman–Crippen LogP) is 4.64. The van der Waals surface area contributed by atoms with Crippen LogP contribution in [0.3, 0.4) is 0 Å². The Labute approximate surface area is 165 Å². The molecule has 0 saturated carbocycles. The van der Waals surface area contributed by atoms with Gasteiger partial charge in [0.15, 0.2) is 11.5 Å². The number of aromatic nitrogens is 2. The van der Waals surface area contributed by atoms with Crippen molar-refractivity contribution in [3.63, 3.8) is 0 Å². The molecule has 0 aliphatic carbocycles. The summed E-state index contributed by atoms with van der Waals surface area (Å²) in [5, 5.41) is 3.12. The monoisotopic (exact) mass is 403 g/mol. The number of aromatic amines is 1. The number of nitrogens with zero attached hydrogens (tertiary/aromatic N) is 1. The quantitative estimate of drug-likeness (QED) is 0.666. The van der Waals surface area contributed by atoms with Gasteiger partial charge in [0.05, 0.1) is 30.8 Å². The fourth-order valence-electron chi connectivity index (χ4n) is 3.54. The van der Waals surface area contributed by atoms with Gasteiger partial charge in [-0.05, 0) is 54.4 Å². The van der Waals surface area contributed by atoms with Gasteiger partial charge >= 0.3 is 6.18 Å². The standard InChI is InChI=1S/C21H20F3N3O2/c1-28-18-4-3-13(9-19(18)29-2)20-26-16-10-14(12-5-7-25-8-6-12)15(21(22,23)24)11-17(16)27-20/h3-5,9-11,25H,6-8H2,1-2H3,(H,26,27). The number of nitrogens with one attached hydrogen (secondary N) is 2. The number of fused-ring (bicyclic) bond motifs is 1. The van der Waals surface area contributed by atoms with Crippen molar-refractivity contribution >= 4 is 16.6 Å². The van der Waals surface area contributed by atoms with Crippen molar-refractivity contribution in [1.82, 2.24) is 15.3 Å². The maximum absolute atomic E-state index is 13.7. The molecule has 0 bridgehead atoms. The van der Waals surface area contributed by atoms with Crippen LogP contribution in [-0.2, 0) is 6.18 Å². The molecular formula is C21H20F3N3O2. The molecule has 0 fully saturated rings. The van der Waals surface area contributed by atoms with E-state index in [2.05, 4.69) is 15.3 Å². The zero-order chi connectivity index (χ0) is 20.6. The first kappa shape index (κ1) is 19.3. The van der Waals surface area contributed by atoms with Crippen molar-refractivity contribution in [2.75, 3.05) is 27.3 Å². The number of hydrogen-bond donors (Lipinski definition) is 2. The van der Waals surface area contributed by atoms with E-state index >= 15 is 0 Å². The van der Waals surface area contributed by atoms with Gasteiger partial charge in [-0.3, -0.25) is 0 Å². The highest BCUT2D eigenvalue weighted by Gasteiger charge is 2.35. The maximum atomic E-state index is 13.7.